The molecule has 1 aromatic rings. The number of carbonyl (C=O) groups is 2. The highest BCUT2D eigenvalue weighted by molar-refractivity contribution is 6.30. The van der Waals surface area contributed by atoms with Gasteiger partial charge in [-0.25, -0.2) is 0 Å². The quantitative estimate of drug-likeness (QED) is 0.807. The van der Waals surface area contributed by atoms with Gasteiger partial charge in [0, 0.05) is 7.05 Å². The summed E-state index contributed by atoms with van der Waals surface area (Å²) in [6, 6.07) is -0.573. The molecule has 0 radical (unpaired) electrons. The average molecular weight is 269 g/mol. The van der Waals surface area contributed by atoms with E-state index in [1.54, 1.807) is 0 Å². The predicted octanol–water partition coefficient (Wildman–Crippen LogP) is 0.916. The van der Waals surface area contributed by atoms with Crippen LogP contribution in [0.5, 0.6) is 0 Å². The highest BCUT2D eigenvalue weighted by atomic mass is 35.5. The third kappa shape index (κ3) is 2.03. The van der Waals surface area contributed by atoms with Gasteiger partial charge in [-0.2, -0.15) is 0 Å². The zero-order chi connectivity index (χ0) is 13.4. The molecule has 18 heavy (non-hydrogen) atoms. The van der Waals surface area contributed by atoms with Gasteiger partial charge in [0.05, 0.1) is 6.42 Å². The van der Waals surface area contributed by atoms with Crippen LogP contribution in [0.2, 0.25) is 5.15 Å². The number of halogens is 1. The molecule has 2 amide bonds. The predicted molar refractivity (Wildman–Crippen MR) is 66.3 cm³/mol. The molecule has 1 atom stereocenters. The molecule has 6 nitrogen and oxygen atoms in total. The number of carbonyl (C=O) groups excluding carboxylic acids is 2. The Morgan fingerprint density at radius 3 is 2.50 bits per heavy atom. The second kappa shape index (κ2) is 4.53. The summed E-state index contributed by atoms with van der Waals surface area (Å²) in [6.45, 7) is 3.66. The van der Waals surface area contributed by atoms with E-state index in [9.17, 15) is 9.59 Å². The molecule has 0 spiro atoms. The lowest BCUT2D eigenvalue weighted by Crippen LogP contribution is -2.32. The van der Waals surface area contributed by atoms with E-state index in [1.165, 1.54) is 7.05 Å². The zero-order valence-electron chi connectivity index (χ0n) is 10.3. The number of rotatable bonds is 2. The molecule has 2 rings (SSSR count). The van der Waals surface area contributed by atoms with Crippen LogP contribution in [0.1, 0.15) is 17.5 Å². The van der Waals surface area contributed by atoms with Gasteiger partial charge in [-0.1, -0.05) is 11.6 Å². The van der Waals surface area contributed by atoms with Gasteiger partial charge >= 0.3 is 0 Å². The fourth-order valence-corrected chi connectivity index (χ4v) is 1.93. The zero-order valence-corrected chi connectivity index (χ0v) is 11.1. The molecule has 1 fully saturated rings. The van der Waals surface area contributed by atoms with Crippen LogP contribution in [0, 0.1) is 13.8 Å². The van der Waals surface area contributed by atoms with Crippen molar-refractivity contribution in [2.24, 2.45) is 0 Å². The van der Waals surface area contributed by atoms with E-state index in [1.807, 2.05) is 13.8 Å². The fraction of sp³-hybridized carbons (Fsp3) is 0.455. The van der Waals surface area contributed by atoms with E-state index in [-0.39, 0.29) is 18.2 Å². The van der Waals surface area contributed by atoms with Crippen molar-refractivity contribution in [3.8, 4) is 0 Å². The molecule has 0 aliphatic carbocycles. The number of hydrogen-bond acceptors (Lipinski definition) is 5. The molecule has 1 aromatic heterocycles. The van der Waals surface area contributed by atoms with Crippen LogP contribution < -0.4 is 5.32 Å². The van der Waals surface area contributed by atoms with Crippen molar-refractivity contribution in [2.75, 3.05) is 12.4 Å². The summed E-state index contributed by atoms with van der Waals surface area (Å²) < 4.78 is 0. The maximum absolute atomic E-state index is 11.8. The molecule has 1 saturated heterocycles. The Bertz CT molecular complexity index is 532. The Labute approximate surface area is 109 Å². The smallest absolute Gasteiger partial charge is 0.251 e. The van der Waals surface area contributed by atoms with Crippen LogP contribution in [0.4, 0.5) is 5.82 Å². The van der Waals surface area contributed by atoms with Crippen molar-refractivity contribution in [1.82, 2.24) is 15.1 Å². The largest absolute Gasteiger partial charge is 0.356 e. The summed E-state index contributed by atoms with van der Waals surface area (Å²) in [5.41, 5.74) is 1.63. The van der Waals surface area contributed by atoms with E-state index in [0.717, 1.165) is 16.0 Å². The Balaban J connectivity index is 2.23. The van der Waals surface area contributed by atoms with Crippen molar-refractivity contribution < 1.29 is 9.59 Å². The van der Waals surface area contributed by atoms with E-state index in [0.29, 0.717) is 11.0 Å². The van der Waals surface area contributed by atoms with Gasteiger partial charge in [-0.3, -0.25) is 14.5 Å². The summed E-state index contributed by atoms with van der Waals surface area (Å²) >= 11 is 5.85. The summed E-state index contributed by atoms with van der Waals surface area (Å²) in [7, 11) is 1.47. The minimum atomic E-state index is -0.573. The van der Waals surface area contributed by atoms with Gasteiger partial charge in [-0.05, 0) is 25.0 Å². The van der Waals surface area contributed by atoms with Crippen molar-refractivity contribution in [3.63, 3.8) is 0 Å². The van der Waals surface area contributed by atoms with Crippen molar-refractivity contribution >= 4 is 29.2 Å². The van der Waals surface area contributed by atoms with Crippen LogP contribution in [0.3, 0.4) is 0 Å². The van der Waals surface area contributed by atoms with Gasteiger partial charge in [0.25, 0.3) is 5.91 Å². The van der Waals surface area contributed by atoms with Gasteiger partial charge in [0.2, 0.25) is 5.91 Å². The normalized spacial score (nSPS) is 19.6. The third-order valence-corrected chi connectivity index (χ3v) is 3.52. The Kier molecular flexibility index (Phi) is 3.21. The number of nitrogens with zero attached hydrogens (tertiary/aromatic N) is 3. The number of imide groups is 1. The van der Waals surface area contributed by atoms with Crippen LogP contribution in [0.15, 0.2) is 0 Å². The molecular weight excluding hydrogens is 256 g/mol. The van der Waals surface area contributed by atoms with Crippen LogP contribution >= 0.6 is 11.6 Å². The lowest BCUT2D eigenvalue weighted by Gasteiger charge is -2.14. The van der Waals surface area contributed by atoms with E-state index in [4.69, 9.17) is 11.6 Å². The first-order valence-electron chi connectivity index (χ1n) is 5.48. The Morgan fingerprint density at radius 1 is 1.28 bits per heavy atom. The first-order valence-corrected chi connectivity index (χ1v) is 5.86. The number of anilines is 1. The lowest BCUT2D eigenvalue weighted by atomic mass is 10.2. The molecule has 1 N–H and O–H groups in total. The number of nitrogens with one attached hydrogen (secondary N) is 1. The van der Waals surface area contributed by atoms with Crippen molar-refractivity contribution in [2.45, 2.75) is 26.3 Å². The second-order valence-electron chi connectivity index (χ2n) is 4.28. The highest BCUT2D eigenvalue weighted by Crippen LogP contribution is 2.23. The summed E-state index contributed by atoms with van der Waals surface area (Å²) in [4.78, 5) is 24.3. The summed E-state index contributed by atoms with van der Waals surface area (Å²) in [5.74, 6) is 0.0287. The molecule has 1 aliphatic heterocycles. The van der Waals surface area contributed by atoms with Gasteiger partial charge < -0.3 is 5.32 Å². The Hall–Kier alpha value is -1.69. The maximum Gasteiger partial charge on any atom is 0.251 e. The van der Waals surface area contributed by atoms with Crippen LogP contribution in [0.25, 0.3) is 0 Å². The minimum Gasteiger partial charge on any atom is -0.356 e. The van der Waals surface area contributed by atoms with Gasteiger partial charge in [-0.15, -0.1) is 10.2 Å². The minimum absolute atomic E-state index is 0.137. The SMILES string of the molecule is Cc1c(Cl)nnc(NC2CC(=O)N(C)C2=O)c1C. The summed E-state index contributed by atoms with van der Waals surface area (Å²) in [6.07, 6.45) is 0.137. The number of likely N-dealkylation sites (tertiary alicyclic amines) is 1. The topological polar surface area (TPSA) is 75.2 Å². The number of aromatic nitrogens is 2. The lowest BCUT2D eigenvalue weighted by molar-refractivity contribution is -0.136. The molecule has 0 bridgehead atoms. The number of amides is 2. The number of hydrogen-bond donors (Lipinski definition) is 1. The maximum atomic E-state index is 11.8. The average Bonchev–Trinajstić information content (AvgIpc) is 2.58. The molecule has 1 unspecified atom stereocenters. The van der Waals surface area contributed by atoms with Crippen LogP contribution in [-0.4, -0.2) is 40.0 Å². The van der Waals surface area contributed by atoms with E-state index >= 15 is 0 Å². The standard InChI is InChI=1S/C11H13ClN4O2/c1-5-6(2)10(15-14-9(5)12)13-7-4-8(17)16(3)11(7)18/h7H,4H2,1-3H3,(H,13,15). The van der Waals surface area contributed by atoms with E-state index < -0.39 is 6.04 Å². The number of likely N-dealkylation sites (N-methyl/N-ethyl adjacent to an activating group) is 1. The van der Waals surface area contributed by atoms with Crippen molar-refractivity contribution in [1.29, 1.82) is 0 Å². The molecular formula is C11H13ClN4O2. The fourth-order valence-electron chi connectivity index (χ4n) is 1.75. The molecule has 96 valence electrons. The second-order valence-corrected chi connectivity index (χ2v) is 4.64. The molecule has 1 aliphatic rings. The van der Waals surface area contributed by atoms with Gasteiger partial charge in [0.15, 0.2) is 11.0 Å². The third-order valence-electron chi connectivity index (χ3n) is 3.16. The first kappa shape index (κ1) is 12.8. The molecule has 2 heterocycles. The van der Waals surface area contributed by atoms with Crippen molar-refractivity contribution in [3.05, 3.63) is 16.3 Å². The first-order chi connectivity index (χ1) is 8.41. The monoisotopic (exact) mass is 268 g/mol. The van der Waals surface area contributed by atoms with Gasteiger partial charge in [0.1, 0.15) is 6.04 Å². The van der Waals surface area contributed by atoms with Crippen LogP contribution in [-0.2, 0) is 9.59 Å². The summed E-state index contributed by atoms with van der Waals surface area (Å²) in [5, 5.41) is 11.0. The molecule has 7 heteroatoms. The highest BCUT2D eigenvalue weighted by Gasteiger charge is 2.36. The van der Waals surface area contributed by atoms with E-state index in [2.05, 4.69) is 15.5 Å². The Morgan fingerprint density at radius 2 is 1.94 bits per heavy atom. The molecule has 0 saturated carbocycles. The molecule has 0 aromatic carbocycles.